The van der Waals surface area contributed by atoms with E-state index in [1.807, 2.05) is 19.1 Å². The maximum absolute atomic E-state index is 5.92. The van der Waals surface area contributed by atoms with Crippen molar-refractivity contribution in [3.63, 3.8) is 0 Å². The van der Waals surface area contributed by atoms with Gasteiger partial charge in [-0.2, -0.15) is 0 Å². The van der Waals surface area contributed by atoms with E-state index >= 15 is 0 Å². The lowest BCUT2D eigenvalue weighted by molar-refractivity contribution is 0.140. The van der Waals surface area contributed by atoms with Gasteiger partial charge in [0.2, 0.25) is 0 Å². The molecule has 0 aliphatic rings. The minimum absolute atomic E-state index is 0.0593. The highest BCUT2D eigenvalue weighted by Crippen LogP contribution is 2.27. The van der Waals surface area contributed by atoms with Gasteiger partial charge in [0.25, 0.3) is 0 Å². The third-order valence-electron chi connectivity index (χ3n) is 1.74. The lowest BCUT2D eigenvalue weighted by Gasteiger charge is -2.08. The van der Waals surface area contributed by atoms with Crippen LogP contribution < -0.4 is 5.73 Å². The molecule has 0 fully saturated rings. The van der Waals surface area contributed by atoms with Crippen LogP contribution in [-0.2, 0) is 4.74 Å². The molecule has 0 saturated heterocycles. The van der Waals surface area contributed by atoms with Crippen molar-refractivity contribution < 1.29 is 4.74 Å². The Morgan fingerprint density at radius 2 is 2.38 bits per heavy atom. The zero-order chi connectivity index (χ0) is 9.68. The van der Waals surface area contributed by atoms with E-state index in [0.717, 1.165) is 22.2 Å². The standard InChI is InChI=1S/C9H14ClNOS/c1-2-12-6-5-7(11)8-3-4-9(10)13-8/h3-4,7H,2,5-6,11H2,1H3. The predicted octanol–water partition coefficient (Wildman–Crippen LogP) is 2.83. The summed E-state index contributed by atoms with van der Waals surface area (Å²) in [7, 11) is 0. The Morgan fingerprint density at radius 1 is 1.62 bits per heavy atom. The summed E-state index contributed by atoms with van der Waals surface area (Å²) in [6.45, 7) is 3.44. The maximum Gasteiger partial charge on any atom is 0.0931 e. The second-order valence-corrected chi connectivity index (χ2v) is 4.48. The van der Waals surface area contributed by atoms with Gasteiger partial charge in [0.05, 0.1) is 4.34 Å². The molecule has 2 N–H and O–H groups in total. The van der Waals surface area contributed by atoms with Crippen molar-refractivity contribution in [3.8, 4) is 0 Å². The quantitative estimate of drug-likeness (QED) is 0.773. The largest absolute Gasteiger partial charge is 0.382 e. The number of nitrogens with two attached hydrogens (primary N) is 1. The van der Waals surface area contributed by atoms with Crippen molar-refractivity contribution >= 4 is 22.9 Å². The third-order valence-corrected chi connectivity index (χ3v) is 3.10. The molecule has 0 aliphatic heterocycles. The molecule has 1 aromatic heterocycles. The van der Waals surface area contributed by atoms with Gasteiger partial charge in [-0.3, -0.25) is 0 Å². The van der Waals surface area contributed by atoms with E-state index in [-0.39, 0.29) is 6.04 Å². The minimum atomic E-state index is 0.0593. The van der Waals surface area contributed by atoms with E-state index in [9.17, 15) is 0 Å². The second-order valence-electron chi connectivity index (χ2n) is 2.73. The molecule has 13 heavy (non-hydrogen) atoms. The highest BCUT2D eigenvalue weighted by molar-refractivity contribution is 7.16. The zero-order valence-electron chi connectivity index (χ0n) is 7.63. The first-order valence-electron chi connectivity index (χ1n) is 4.32. The minimum Gasteiger partial charge on any atom is -0.382 e. The molecule has 1 unspecified atom stereocenters. The van der Waals surface area contributed by atoms with Crippen LogP contribution in [0, 0.1) is 0 Å². The summed E-state index contributed by atoms with van der Waals surface area (Å²) in [5, 5.41) is 0. The van der Waals surface area contributed by atoms with Crippen molar-refractivity contribution in [3.05, 3.63) is 21.3 Å². The molecule has 0 bridgehead atoms. The average molecular weight is 220 g/mol. The number of halogens is 1. The number of rotatable bonds is 5. The highest BCUT2D eigenvalue weighted by Gasteiger charge is 2.07. The molecule has 2 nitrogen and oxygen atoms in total. The summed E-state index contributed by atoms with van der Waals surface area (Å²) in [6.07, 6.45) is 0.852. The van der Waals surface area contributed by atoms with Crippen molar-refractivity contribution in [2.45, 2.75) is 19.4 Å². The first-order valence-corrected chi connectivity index (χ1v) is 5.52. The molecule has 1 atom stereocenters. The van der Waals surface area contributed by atoms with Gasteiger partial charge in [-0.05, 0) is 25.5 Å². The van der Waals surface area contributed by atoms with Crippen LogP contribution in [0.5, 0.6) is 0 Å². The maximum atomic E-state index is 5.92. The van der Waals surface area contributed by atoms with E-state index in [1.165, 1.54) is 11.3 Å². The first kappa shape index (κ1) is 11.0. The summed E-state index contributed by atoms with van der Waals surface area (Å²) >= 11 is 7.34. The van der Waals surface area contributed by atoms with Crippen molar-refractivity contribution in [2.75, 3.05) is 13.2 Å². The summed E-state index contributed by atoms with van der Waals surface area (Å²) in [6, 6.07) is 3.91. The van der Waals surface area contributed by atoms with Gasteiger partial charge in [-0.1, -0.05) is 11.6 Å². The second kappa shape index (κ2) is 5.60. The van der Waals surface area contributed by atoms with Crippen LogP contribution in [0.15, 0.2) is 12.1 Å². The molecule has 4 heteroatoms. The van der Waals surface area contributed by atoms with Crippen molar-refractivity contribution in [2.24, 2.45) is 5.73 Å². The molecular formula is C9H14ClNOS. The summed E-state index contributed by atoms with van der Waals surface area (Å²) in [5.41, 5.74) is 5.92. The molecule has 1 rings (SSSR count). The Bertz CT molecular complexity index is 252. The summed E-state index contributed by atoms with van der Waals surface area (Å²) in [5.74, 6) is 0. The fraction of sp³-hybridized carbons (Fsp3) is 0.556. The summed E-state index contributed by atoms with van der Waals surface area (Å²) < 4.78 is 6.02. The topological polar surface area (TPSA) is 35.2 Å². The molecule has 74 valence electrons. The van der Waals surface area contributed by atoms with Gasteiger partial charge in [0.15, 0.2) is 0 Å². The number of hydrogen-bond acceptors (Lipinski definition) is 3. The third kappa shape index (κ3) is 3.65. The molecule has 0 amide bonds. The molecule has 0 saturated carbocycles. The Balaban J connectivity index is 2.35. The number of hydrogen-bond donors (Lipinski definition) is 1. The van der Waals surface area contributed by atoms with Gasteiger partial charge in [-0.15, -0.1) is 11.3 Å². The normalized spacial score (nSPS) is 13.2. The van der Waals surface area contributed by atoms with Gasteiger partial charge in [0.1, 0.15) is 0 Å². The van der Waals surface area contributed by atoms with E-state index < -0.39 is 0 Å². The Morgan fingerprint density at radius 3 is 2.92 bits per heavy atom. The first-order chi connectivity index (χ1) is 6.24. The monoisotopic (exact) mass is 219 g/mol. The number of thiophene rings is 1. The van der Waals surface area contributed by atoms with Crippen LogP contribution >= 0.6 is 22.9 Å². The van der Waals surface area contributed by atoms with Crippen molar-refractivity contribution in [1.29, 1.82) is 0 Å². The van der Waals surface area contributed by atoms with E-state index in [2.05, 4.69) is 0 Å². The number of ether oxygens (including phenoxy) is 1. The van der Waals surface area contributed by atoms with E-state index in [0.29, 0.717) is 6.61 Å². The Hall–Kier alpha value is -0.0900. The van der Waals surface area contributed by atoms with Gasteiger partial charge >= 0.3 is 0 Å². The molecular weight excluding hydrogens is 206 g/mol. The SMILES string of the molecule is CCOCCC(N)c1ccc(Cl)s1. The Labute approximate surface area is 87.7 Å². The van der Waals surface area contributed by atoms with Crippen LogP contribution in [0.3, 0.4) is 0 Å². The van der Waals surface area contributed by atoms with Crippen LogP contribution in [-0.4, -0.2) is 13.2 Å². The molecule has 0 spiro atoms. The predicted molar refractivity (Wildman–Crippen MR) is 57.4 cm³/mol. The van der Waals surface area contributed by atoms with Crippen LogP contribution in [0.25, 0.3) is 0 Å². The zero-order valence-corrected chi connectivity index (χ0v) is 9.20. The molecule has 1 heterocycles. The van der Waals surface area contributed by atoms with Crippen LogP contribution in [0.2, 0.25) is 4.34 Å². The lowest BCUT2D eigenvalue weighted by atomic mass is 10.2. The van der Waals surface area contributed by atoms with Gasteiger partial charge < -0.3 is 10.5 Å². The van der Waals surface area contributed by atoms with Gasteiger partial charge in [-0.25, -0.2) is 0 Å². The fourth-order valence-corrected chi connectivity index (χ4v) is 2.12. The van der Waals surface area contributed by atoms with E-state index in [4.69, 9.17) is 22.1 Å². The summed E-state index contributed by atoms with van der Waals surface area (Å²) in [4.78, 5) is 1.13. The van der Waals surface area contributed by atoms with Crippen molar-refractivity contribution in [1.82, 2.24) is 0 Å². The highest BCUT2D eigenvalue weighted by atomic mass is 35.5. The lowest BCUT2D eigenvalue weighted by Crippen LogP contribution is -2.11. The average Bonchev–Trinajstić information content (AvgIpc) is 2.52. The van der Waals surface area contributed by atoms with Crippen LogP contribution in [0.4, 0.5) is 0 Å². The van der Waals surface area contributed by atoms with Gasteiger partial charge in [0, 0.05) is 24.1 Å². The molecule has 1 aromatic rings. The fourth-order valence-electron chi connectivity index (χ4n) is 1.02. The smallest absolute Gasteiger partial charge is 0.0931 e. The Kier molecular flexibility index (Phi) is 4.73. The van der Waals surface area contributed by atoms with Crippen LogP contribution in [0.1, 0.15) is 24.3 Å². The van der Waals surface area contributed by atoms with E-state index in [1.54, 1.807) is 0 Å². The molecule has 0 aromatic carbocycles. The molecule has 0 radical (unpaired) electrons. The molecule has 0 aliphatic carbocycles.